The number of hydrogen-bond acceptors (Lipinski definition) is 2. The summed E-state index contributed by atoms with van der Waals surface area (Å²) in [5, 5.41) is 2.94. The lowest BCUT2D eigenvalue weighted by atomic mass is 10.1. The summed E-state index contributed by atoms with van der Waals surface area (Å²) in [4.78, 5) is 14.4. The SMILES string of the molecule is C[C@@H]1Cc2ccccc2N1CCC(=O)Nc1ccccc1. The summed E-state index contributed by atoms with van der Waals surface area (Å²) in [6, 6.07) is 18.5. The van der Waals surface area contributed by atoms with Crippen LogP contribution in [0.3, 0.4) is 0 Å². The molecule has 3 nitrogen and oxygen atoms in total. The van der Waals surface area contributed by atoms with Gasteiger partial charge in [-0.15, -0.1) is 0 Å². The van der Waals surface area contributed by atoms with Gasteiger partial charge in [0.05, 0.1) is 0 Å². The second-order valence-corrected chi connectivity index (χ2v) is 5.54. The fourth-order valence-corrected chi connectivity index (χ4v) is 2.94. The van der Waals surface area contributed by atoms with Crippen molar-refractivity contribution in [3.63, 3.8) is 0 Å². The molecule has 3 heteroatoms. The zero-order chi connectivity index (χ0) is 14.7. The summed E-state index contributed by atoms with van der Waals surface area (Å²) in [5.74, 6) is 0.0674. The third-order valence-corrected chi connectivity index (χ3v) is 3.99. The number of benzene rings is 2. The van der Waals surface area contributed by atoms with Crippen LogP contribution in [0.4, 0.5) is 11.4 Å². The van der Waals surface area contributed by atoms with Crippen molar-refractivity contribution in [1.82, 2.24) is 0 Å². The minimum Gasteiger partial charge on any atom is -0.368 e. The van der Waals surface area contributed by atoms with Gasteiger partial charge in [-0.3, -0.25) is 4.79 Å². The number of para-hydroxylation sites is 2. The van der Waals surface area contributed by atoms with Gasteiger partial charge in [0.15, 0.2) is 0 Å². The van der Waals surface area contributed by atoms with Gasteiger partial charge in [-0.05, 0) is 37.1 Å². The van der Waals surface area contributed by atoms with E-state index in [9.17, 15) is 4.79 Å². The zero-order valence-corrected chi connectivity index (χ0v) is 12.3. The van der Waals surface area contributed by atoms with Crippen molar-refractivity contribution in [2.45, 2.75) is 25.8 Å². The predicted molar refractivity (Wildman–Crippen MR) is 86.6 cm³/mol. The molecule has 0 radical (unpaired) electrons. The number of anilines is 2. The number of rotatable bonds is 4. The van der Waals surface area contributed by atoms with Gasteiger partial charge in [0.25, 0.3) is 0 Å². The van der Waals surface area contributed by atoms with Crippen LogP contribution in [0.15, 0.2) is 54.6 Å². The molecule has 0 saturated carbocycles. The molecule has 3 rings (SSSR count). The van der Waals surface area contributed by atoms with Crippen LogP contribution in [-0.2, 0) is 11.2 Å². The smallest absolute Gasteiger partial charge is 0.226 e. The highest BCUT2D eigenvalue weighted by molar-refractivity contribution is 5.91. The maximum absolute atomic E-state index is 12.1. The first kappa shape index (κ1) is 13.7. The van der Waals surface area contributed by atoms with Gasteiger partial charge in [0, 0.05) is 30.4 Å². The maximum Gasteiger partial charge on any atom is 0.226 e. The van der Waals surface area contributed by atoms with Crippen molar-refractivity contribution in [3.05, 3.63) is 60.2 Å². The Morgan fingerprint density at radius 3 is 2.67 bits per heavy atom. The molecular formula is C18H20N2O. The molecule has 2 aromatic carbocycles. The van der Waals surface area contributed by atoms with E-state index in [1.54, 1.807) is 0 Å². The number of carbonyl (C=O) groups excluding carboxylic acids is 1. The number of nitrogens with zero attached hydrogens (tertiary/aromatic N) is 1. The molecule has 1 N–H and O–H groups in total. The Morgan fingerprint density at radius 2 is 1.86 bits per heavy atom. The number of hydrogen-bond donors (Lipinski definition) is 1. The van der Waals surface area contributed by atoms with E-state index in [-0.39, 0.29) is 5.91 Å². The minimum atomic E-state index is 0.0674. The van der Waals surface area contributed by atoms with E-state index < -0.39 is 0 Å². The first-order valence-electron chi connectivity index (χ1n) is 7.43. The van der Waals surface area contributed by atoms with Crippen molar-refractivity contribution >= 4 is 17.3 Å². The fraction of sp³-hybridized carbons (Fsp3) is 0.278. The summed E-state index contributed by atoms with van der Waals surface area (Å²) in [6.07, 6.45) is 1.57. The van der Waals surface area contributed by atoms with Crippen molar-refractivity contribution in [2.75, 3.05) is 16.8 Å². The van der Waals surface area contributed by atoms with E-state index in [2.05, 4.69) is 41.4 Å². The largest absolute Gasteiger partial charge is 0.368 e. The van der Waals surface area contributed by atoms with Gasteiger partial charge in [-0.25, -0.2) is 0 Å². The molecule has 0 saturated heterocycles. The monoisotopic (exact) mass is 280 g/mol. The van der Waals surface area contributed by atoms with Gasteiger partial charge in [0.2, 0.25) is 5.91 Å². The second-order valence-electron chi connectivity index (χ2n) is 5.54. The molecule has 21 heavy (non-hydrogen) atoms. The summed E-state index contributed by atoms with van der Waals surface area (Å²) in [6.45, 7) is 2.98. The Bertz CT molecular complexity index is 624. The van der Waals surface area contributed by atoms with Crippen LogP contribution < -0.4 is 10.2 Å². The molecule has 108 valence electrons. The van der Waals surface area contributed by atoms with Gasteiger partial charge in [-0.2, -0.15) is 0 Å². The third-order valence-electron chi connectivity index (χ3n) is 3.99. The first-order chi connectivity index (χ1) is 10.2. The van der Waals surface area contributed by atoms with Gasteiger partial charge in [0.1, 0.15) is 0 Å². The lowest BCUT2D eigenvalue weighted by Crippen LogP contribution is -2.32. The number of amides is 1. The molecule has 1 amide bonds. The molecule has 1 aliphatic rings. The summed E-state index contributed by atoms with van der Waals surface area (Å²) >= 11 is 0. The molecule has 0 bridgehead atoms. The Balaban J connectivity index is 1.59. The van der Waals surface area contributed by atoms with Gasteiger partial charge >= 0.3 is 0 Å². The lowest BCUT2D eigenvalue weighted by molar-refractivity contribution is -0.116. The average molecular weight is 280 g/mol. The van der Waals surface area contributed by atoms with Gasteiger partial charge in [-0.1, -0.05) is 36.4 Å². The minimum absolute atomic E-state index is 0.0674. The topological polar surface area (TPSA) is 32.3 Å². The zero-order valence-electron chi connectivity index (χ0n) is 12.3. The van der Waals surface area contributed by atoms with Crippen LogP contribution >= 0.6 is 0 Å². The highest BCUT2D eigenvalue weighted by Gasteiger charge is 2.25. The average Bonchev–Trinajstić information content (AvgIpc) is 2.81. The molecule has 1 atom stereocenters. The lowest BCUT2D eigenvalue weighted by Gasteiger charge is -2.24. The van der Waals surface area contributed by atoms with E-state index in [4.69, 9.17) is 0 Å². The fourth-order valence-electron chi connectivity index (χ4n) is 2.94. The standard InChI is InChI=1S/C18H20N2O/c1-14-13-15-7-5-6-10-17(15)20(14)12-11-18(21)19-16-8-3-2-4-9-16/h2-10,14H,11-13H2,1H3,(H,19,21)/t14-/m1/s1. The Labute approximate surface area is 125 Å². The van der Waals surface area contributed by atoms with Gasteiger partial charge < -0.3 is 10.2 Å². The van der Waals surface area contributed by atoms with Crippen LogP contribution in [0.1, 0.15) is 18.9 Å². The molecule has 2 aromatic rings. The molecule has 0 aliphatic carbocycles. The maximum atomic E-state index is 12.1. The first-order valence-corrected chi connectivity index (χ1v) is 7.43. The molecule has 1 heterocycles. The quantitative estimate of drug-likeness (QED) is 0.930. The summed E-state index contributed by atoms with van der Waals surface area (Å²) in [7, 11) is 0. The van der Waals surface area contributed by atoms with Crippen LogP contribution in [-0.4, -0.2) is 18.5 Å². The normalized spacial score (nSPS) is 16.6. The number of carbonyl (C=O) groups is 1. The van der Waals surface area contributed by atoms with Crippen molar-refractivity contribution < 1.29 is 4.79 Å². The molecule has 1 aliphatic heterocycles. The molecule has 0 fully saturated rings. The second kappa shape index (κ2) is 6.00. The highest BCUT2D eigenvalue weighted by atomic mass is 16.1. The van der Waals surface area contributed by atoms with E-state index in [1.807, 2.05) is 30.3 Å². The Hall–Kier alpha value is -2.29. The molecule has 0 spiro atoms. The summed E-state index contributed by atoms with van der Waals surface area (Å²) < 4.78 is 0. The third kappa shape index (κ3) is 3.07. The van der Waals surface area contributed by atoms with Crippen LogP contribution in [0.5, 0.6) is 0 Å². The van der Waals surface area contributed by atoms with Crippen LogP contribution in [0.25, 0.3) is 0 Å². The van der Waals surface area contributed by atoms with Crippen LogP contribution in [0.2, 0.25) is 0 Å². The predicted octanol–water partition coefficient (Wildman–Crippen LogP) is 3.47. The highest BCUT2D eigenvalue weighted by Crippen LogP contribution is 2.31. The van der Waals surface area contributed by atoms with E-state index in [0.29, 0.717) is 12.5 Å². The molecular weight excluding hydrogens is 260 g/mol. The van der Waals surface area contributed by atoms with Crippen molar-refractivity contribution in [2.24, 2.45) is 0 Å². The number of nitrogens with one attached hydrogen (secondary N) is 1. The Morgan fingerprint density at radius 1 is 1.14 bits per heavy atom. The number of fused-ring (bicyclic) bond motifs is 1. The van der Waals surface area contributed by atoms with Crippen molar-refractivity contribution in [1.29, 1.82) is 0 Å². The molecule has 0 aromatic heterocycles. The van der Waals surface area contributed by atoms with E-state index in [1.165, 1.54) is 11.3 Å². The van der Waals surface area contributed by atoms with E-state index in [0.717, 1.165) is 18.7 Å². The molecule has 0 unspecified atom stereocenters. The van der Waals surface area contributed by atoms with Crippen molar-refractivity contribution in [3.8, 4) is 0 Å². The van der Waals surface area contributed by atoms with Crippen LogP contribution in [0, 0.1) is 0 Å². The van der Waals surface area contributed by atoms with E-state index >= 15 is 0 Å². The summed E-state index contributed by atoms with van der Waals surface area (Å²) in [5.41, 5.74) is 3.52. The Kier molecular flexibility index (Phi) is 3.91.